The summed E-state index contributed by atoms with van der Waals surface area (Å²) < 4.78 is 13.1. The lowest BCUT2D eigenvalue weighted by molar-refractivity contribution is 0.625. The zero-order valence-corrected chi connectivity index (χ0v) is 7.59. The third kappa shape index (κ3) is 1.28. The summed E-state index contributed by atoms with van der Waals surface area (Å²) in [5.41, 5.74) is 0.329. The summed E-state index contributed by atoms with van der Waals surface area (Å²) in [6.07, 6.45) is 1.25. The SMILES string of the molecule is N#Cc1cc2c(Cl)ncnc2cc1F. The van der Waals surface area contributed by atoms with Crippen LogP contribution in [0.25, 0.3) is 10.9 Å². The maximum atomic E-state index is 13.1. The summed E-state index contributed by atoms with van der Waals surface area (Å²) >= 11 is 5.76. The van der Waals surface area contributed by atoms with Crippen LogP contribution < -0.4 is 0 Å². The first-order chi connectivity index (χ1) is 6.72. The van der Waals surface area contributed by atoms with Gasteiger partial charge in [0.1, 0.15) is 23.4 Å². The van der Waals surface area contributed by atoms with Crippen LogP contribution in [0.1, 0.15) is 5.56 Å². The van der Waals surface area contributed by atoms with Crippen LogP contribution in [0.2, 0.25) is 5.15 Å². The molecular formula is C9H3ClFN3. The van der Waals surface area contributed by atoms with Gasteiger partial charge in [0.25, 0.3) is 0 Å². The maximum absolute atomic E-state index is 13.1. The van der Waals surface area contributed by atoms with E-state index in [1.54, 1.807) is 6.07 Å². The lowest BCUT2D eigenvalue weighted by Gasteiger charge is -1.99. The van der Waals surface area contributed by atoms with Gasteiger partial charge in [0, 0.05) is 11.5 Å². The second-order valence-corrected chi connectivity index (χ2v) is 2.98. The molecule has 1 aromatic carbocycles. The molecule has 0 fully saturated rings. The highest BCUT2D eigenvalue weighted by Crippen LogP contribution is 2.22. The number of hydrogen-bond donors (Lipinski definition) is 0. The normalized spacial score (nSPS) is 10.1. The predicted molar refractivity (Wildman–Crippen MR) is 49.2 cm³/mol. The number of halogens is 2. The molecule has 0 amide bonds. The molecule has 2 aromatic rings. The molecule has 1 aromatic heterocycles. The van der Waals surface area contributed by atoms with Crippen molar-refractivity contribution in [3.8, 4) is 6.07 Å². The molecular weight excluding hydrogens is 205 g/mol. The fraction of sp³-hybridized carbons (Fsp3) is 0. The fourth-order valence-electron chi connectivity index (χ4n) is 1.13. The van der Waals surface area contributed by atoms with Crippen molar-refractivity contribution in [3.63, 3.8) is 0 Å². The molecule has 5 heteroatoms. The molecule has 1 heterocycles. The zero-order chi connectivity index (χ0) is 10.1. The molecule has 0 saturated heterocycles. The van der Waals surface area contributed by atoms with Gasteiger partial charge >= 0.3 is 0 Å². The van der Waals surface area contributed by atoms with Gasteiger partial charge in [-0.05, 0) is 6.07 Å². The Bertz CT molecular complexity index is 547. The van der Waals surface area contributed by atoms with Crippen LogP contribution in [0.3, 0.4) is 0 Å². The summed E-state index contributed by atoms with van der Waals surface area (Å²) in [5.74, 6) is -0.602. The van der Waals surface area contributed by atoms with Gasteiger partial charge in [-0.2, -0.15) is 5.26 Å². The number of fused-ring (bicyclic) bond motifs is 1. The number of aromatic nitrogens is 2. The van der Waals surface area contributed by atoms with E-state index in [0.717, 1.165) is 0 Å². The highest BCUT2D eigenvalue weighted by Gasteiger charge is 2.07. The van der Waals surface area contributed by atoms with Crippen molar-refractivity contribution in [2.45, 2.75) is 0 Å². The molecule has 0 radical (unpaired) electrons. The Morgan fingerprint density at radius 2 is 2.14 bits per heavy atom. The monoisotopic (exact) mass is 207 g/mol. The average Bonchev–Trinajstić information content (AvgIpc) is 2.17. The average molecular weight is 208 g/mol. The van der Waals surface area contributed by atoms with Gasteiger partial charge < -0.3 is 0 Å². The largest absolute Gasteiger partial charge is 0.236 e. The van der Waals surface area contributed by atoms with E-state index >= 15 is 0 Å². The van der Waals surface area contributed by atoms with Gasteiger partial charge in [0.15, 0.2) is 0 Å². The molecule has 0 aliphatic heterocycles. The smallest absolute Gasteiger partial charge is 0.143 e. The molecule has 0 spiro atoms. The fourth-order valence-corrected chi connectivity index (χ4v) is 1.33. The molecule has 0 saturated carbocycles. The van der Waals surface area contributed by atoms with Gasteiger partial charge in [0.05, 0.1) is 11.1 Å². The Morgan fingerprint density at radius 1 is 1.36 bits per heavy atom. The van der Waals surface area contributed by atoms with Crippen molar-refractivity contribution in [2.24, 2.45) is 0 Å². The predicted octanol–water partition coefficient (Wildman–Crippen LogP) is 2.29. The van der Waals surface area contributed by atoms with Crippen LogP contribution in [0, 0.1) is 17.1 Å². The van der Waals surface area contributed by atoms with Gasteiger partial charge in [-0.25, -0.2) is 14.4 Å². The first-order valence-electron chi connectivity index (χ1n) is 3.72. The van der Waals surface area contributed by atoms with E-state index in [2.05, 4.69) is 9.97 Å². The van der Waals surface area contributed by atoms with Gasteiger partial charge in [-0.15, -0.1) is 0 Å². The Kier molecular flexibility index (Phi) is 2.02. The summed E-state index contributed by atoms with van der Waals surface area (Å²) in [5, 5.41) is 9.29. The quantitative estimate of drug-likeness (QED) is 0.623. The topological polar surface area (TPSA) is 49.6 Å². The van der Waals surface area contributed by atoms with Crippen molar-refractivity contribution in [1.82, 2.24) is 9.97 Å². The van der Waals surface area contributed by atoms with E-state index in [9.17, 15) is 4.39 Å². The second kappa shape index (κ2) is 3.20. The molecule has 14 heavy (non-hydrogen) atoms. The molecule has 2 rings (SSSR count). The van der Waals surface area contributed by atoms with Gasteiger partial charge in [-0.3, -0.25) is 0 Å². The Balaban J connectivity index is 2.89. The Hall–Kier alpha value is -1.73. The van der Waals surface area contributed by atoms with Crippen LogP contribution in [0.4, 0.5) is 4.39 Å². The minimum Gasteiger partial charge on any atom is -0.236 e. The van der Waals surface area contributed by atoms with Crippen LogP contribution >= 0.6 is 11.6 Å². The number of nitrogens with zero attached hydrogens (tertiary/aromatic N) is 3. The molecule has 0 aliphatic rings. The number of benzene rings is 1. The summed E-state index contributed by atoms with van der Waals surface area (Å²) in [4.78, 5) is 7.57. The minimum atomic E-state index is -0.602. The van der Waals surface area contributed by atoms with E-state index in [1.165, 1.54) is 18.5 Å². The van der Waals surface area contributed by atoms with Crippen molar-refractivity contribution < 1.29 is 4.39 Å². The summed E-state index contributed by atoms with van der Waals surface area (Å²) in [7, 11) is 0. The van der Waals surface area contributed by atoms with E-state index in [1.807, 2.05) is 0 Å². The molecule has 0 bridgehead atoms. The third-order valence-electron chi connectivity index (χ3n) is 1.80. The second-order valence-electron chi connectivity index (χ2n) is 2.63. The van der Waals surface area contributed by atoms with E-state index in [0.29, 0.717) is 10.9 Å². The van der Waals surface area contributed by atoms with E-state index in [4.69, 9.17) is 16.9 Å². The van der Waals surface area contributed by atoms with E-state index < -0.39 is 5.82 Å². The first kappa shape index (κ1) is 8.85. The molecule has 0 N–H and O–H groups in total. The number of hydrogen-bond acceptors (Lipinski definition) is 3. The van der Waals surface area contributed by atoms with Crippen molar-refractivity contribution in [2.75, 3.05) is 0 Å². The van der Waals surface area contributed by atoms with Crippen LogP contribution in [0.5, 0.6) is 0 Å². The van der Waals surface area contributed by atoms with Crippen molar-refractivity contribution in [3.05, 3.63) is 35.0 Å². The maximum Gasteiger partial charge on any atom is 0.143 e. The van der Waals surface area contributed by atoms with Crippen LogP contribution in [0.15, 0.2) is 18.5 Å². The standard InChI is InChI=1S/C9H3ClFN3/c10-9-6-1-5(3-12)7(11)2-8(6)13-4-14-9/h1-2,4H. The van der Waals surface area contributed by atoms with Crippen LogP contribution in [-0.2, 0) is 0 Å². The minimum absolute atomic E-state index is 0.0609. The molecule has 0 aliphatic carbocycles. The summed E-state index contributed by atoms with van der Waals surface area (Å²) in [6, 6.07) is 4.23. The third-order valence-corrected chi connectivity index (χ3v) is 2.10. The van der Waals surface area contributed by atoms with Gasteiger partial charge in [0.2, 0.25) is 0 Å². The lowest BCUT2D eigenvalue weighted by atomic mass is 10.1. The molecule has 3 nitrogen and oxygen atoms in total. The molecule has 68 valence electrons. The van der Waals surface area contributed by atoms with Crippen molar-refractivity contribution >= 4 is 22.5 Å². The zero-order valence-electron chi connectivity index (χ0n) is 6.83. The first-order valence-corrected chi connectivity index (χ1v) is 4.10. The lowest BCUT2D eigenvalue weighted by Crippen LogP contribution is -1.89. The highest BCUT2D eigenvalue weighted by atomic mass is 35.5. The Labute approximate surface area is 83.8 Å². The highest BCUT2D eigenvalue weighted by molar-refractivity contribution is 6.34. The van der Waals surface area contributed by atoms with Gasteiger partial charge in [-0.1, -0.05) is 11.6 Å². The number of rotatable bonds is 0. The van der Waals surface area contributed by atoms with E-state index in [-0.39, 0.29) is 10.7 Å². The number of nitriles is 1. The molecule has 0 atom stereocenters. The molecule has 0 unspecified atom stereocenters. The summed E-state index contributed by atoms with van der Waals surface area (Å²) in [6.45, 7) is 0. The van der Waals surface area contributed by atoms with Crippen LogP contribution in [-0.4, -0.2) is 9.97 Å². The van der Waals surface area contributed by atoms with Crippen molar-refractivity contribution in [1.29, 1.82) is 5.26 Å². The Morgan fingerprint density at radius 3 is 2.86 bits per heavy atom.